The number of nitrogens with zero attached hydrogens (tertiary/aromatic N) is 1. The summed E-state index contributed by atoms with van der Waals surface area (Å²) in [5.41, 5.74) is 8.61. The Morgan fingerprint density at radius 1 is 0.750 bits per heavy atom. The number of hydrogen-bond donors (Lipinski definition) is 3. The van der Waals surface area contributed by atoms with E-state index in [1.54, 1.807) is 0 Å². The highest BCUT2D eigenvalue weighted by Crippen LogP contribution is 2.41. The van der Waals surface area contributed by atoms with Crippen molar-refractivity contribution in [2.45, 2.75) is 50.2 Å². The molecule has 3 unspecified atom stereocenters. The van der Waals surface area contributed by atoms with Crippen LogP contribution in [0.5, 0.6) is 0 Å². The average Bonchev–Trinajstić information content (AvgIpc) is 3.65. The minimum Gasteiger partial charge on any atom is -0.431 e. The van der Waals surface area contributed by atoms with Crippen LogP contribution in [0.4, 0.5) is 4.79 Å². The number of aliphatic hydroxyl groups excluding tert-OH is 1. The van der Waals surface area contributed by atoms with Crippen molar-refractivity contribution in [3.05, 3.63) is 156 Å². The maximum Gasteiger partial charge on any atom is 0.315 e. The third kappa shape index (κ3) is 8.63. The van der Waals surface area contributed by atoms with E-state index in [0.717, 1.165) is 56.0 Å². The van der Waals surface area contributed by atoms with Crippen molar-refractivity contribution in [2.24, 2.45) is 0 Å². The molecule has 5 aromatic carbocycles. The molecule has 3 N–H and O–H groups in total. The summed E-state index contributed by atoms with van der Waals surface area (Å²) in [5.74, 6) is 1.34. The van der Waals surface area contributed by atoms with Crippen molar-refractivity contribution in [1.82, 2.24) is 15.6 Å². The van der Waals surface area contributed by atoms with Gasteiger partial charge in [0.2, 0.25) is 0 Å². The lowest BCUT2D eigenvalue weighted by Gasteiger charge is -2.36. The van der Waals surface area contributed by atoms with Gasteiger partial charge in [-0.2, -0.15) is 0 Å². The summed E-state index contributed by atoms with van der Waals surface area (Å²) in [6, 6.07) is 44.3. The molecule has 0 saturated carbocycles. The topological polar surface area (TPSA) is 106 Å². The van der Waals surface area contributed by atoms with E-state index >= 15 is 0 Å². The molecule has 1 aromatic heterocycles. The summed E-state index contributed by atoms with van der Waals surface area (Å²) >= 11 is 1.54. The van der Waals surface area contributed by atoms with E-state index < -0.39 is 6.29 Å². The number of amides is 2. The van der Waals surface area contributed by atoms with E-state index in [-0.39, 0.29) is 24.8 Å². The molecule has 0 spiro atoms. The molecule has 264 valence electrons. The minimum absolute atomic E-state index is 0.0150. The van der Waals surface area contributed by atoms with Gasteiger partial charge in [-0.3, -0.25) is 0 Å². The van der Waals surface area contributed by atoms with Gasteiger partial charge in [0.15, 0.2) is 12.1 Å². The molecule has 52 heavy (non-hydrogen) atoms. The van der Waals surface area contributed by atoms with Crippen molar-refractivity contribution in [2.75, 3.05) is 12.3 Å². The van der Waals surface area contributed by atoms with E-state index in [9.17, 15) is 9.90 Å². The van der Waals surface area contributed by atoms with Crippen LogP contribution in [0.1, 0.15) is 48.0 Å². The zero-order valence-electron chi connectivity index (χ0n) is 28.9. The number of carbonyl (C=O) groups excluding carboxylic acids is 1. The number of carbonyl (C=O) groups is 1. The fraction of sp³-hybridized carbons (Fsp3) is 0.209. The molecule has 1 fully saturated rings. The van der Waals surface area contributed by atoms with Gasteiger partial charge in [0.1, 0.15) is 5.69 Å². The van der Waals surface area contributed by atoms with Crippen LogP contribution in [0.15, 0.2) is 143 Å². The van der Waals surface area contributed by atoms with Crippen LogP contribution in [0.3, 0.4) is 0 Å². The standard InChI is InChI=1S/C43H41N3O5S/c1-2-44-42(48)45-26-30-11-9-16-34(23-30)35-17-10-18-36(24-35)41-49-37(25-38(50-41)31-21-19-29(27-47)20-22-31)28-52-43-46-39(32-12-5-3-6-13-32)40(51-43)33-14-7-4-8-15-33/h3-24,37-38,41,47H,2,25-28H2,1H3,(H2,44,45,48). The van der Waals surface area contributed by atoms with Crippen molar-refractivity contribution >= 4 is 17.8 Å². The second-order valence-electron chi connectivity index (χ2n) is 12.6. The van der Waals surface area contributed by atoms with Gasteiger partial charge in [-0.15, -0.1) is 0 Å². The molecule has 7 rings (SSSR count). The number of oxazole rings is 1. The summed E-state index contributed by atoms with van der Waals surface area (Å²) in [5, 5.41) is 15.9. The zero-order valence-corrected chi connectivity index (χ0v) is 29.7. The number of aliphatic hydroxyl groups is 1. The zero-order chi connectivity index (χ0) is 35.7. The van der Waals surface area contributed by atoms with Crippen LogP contribution >= 0.6 is 11.8 Å². The van der Waals surface area contributed by atoms with E-state index in [1.165, 1.54) is 11.8 Å². The molecule has 0 bridgehead atoms. The molecule has 9 heteroatoms. The molecule has 3 atom stereocenters. The summed E-state index contributed by atoms with van der Waals surface area (Å²) in [4.78, 5) is 16.9. The van der Waals surface area contributed by atoms with Crippen molar-refractivity contribution in [1.29, 1.82) is 0 Å². The molecule has 0 radical (unpaired) electrons. The van der Waals surface area contributed by atoms with Crippen molar-refractivity contribution < 1.29 is 23.8 Å². The minimum atomic E-state index is -0.617. The number of ether oxygens (including phenoxy) is 2. The first kappa shape index (κ1) is 35.2. The number of nitrogens with one attached hydrogen (secondary N) is 2. The highest BCUT2D eigenvalue weighted by atomic mass is 32.2. The lowest BCUT2D eigenvalue weighted by molar-refractivity contribution is -0.245. The highest BCUT2D eigenvalue weighted by molar-refractivity contribution is 7.99. The SMILES string of the molecule is CCNC(=O)NCc1cccc(-c2cccc(C3OC(CSc4nc(-c5ccccc5)c(-c5ccccc5)o4)CC(c4ccc(CO)cc4)O3)c2)c1. The van der Waals surface area contributed by atoms with E-state index in [2.05, 4.69) is 34.9 Å². The number of aromatic nitrogens is 1. The first-order chi connectivity index (χ1) is 25.6. The Labute approximate surface area is 308 Å². The Kier molecular flexibility index (Phi) is 11.4. The second kappa shape index (κ2) is 16.9. The van der Waals surface area contributed by atoms with Crippen LogP contribution < -0.4 is 10.6 Å². The number of urea groups is 1. The second-order valence-corrected chi connectivity index (χ2v) is 13.6. The Hall–Kier alpha value is -5.19. The lowest BCUT2D eigenvalue weighted by atomic mass is 9.99. The third-order valence-electron chi connectivity index (χ3n) is 8.91. The van der Waals surface area contributed by atoms with Gasteiger partial charge in [0, 0.05) is 42.0 Å². The van der Waals surface area contributed by atoms with Crippen LogP contribution in [-0.2, 0) is 22.6 Å². The van der Waals surface area contributed by atoms with Gasteiger partial charge in [-0.05, 0) is 46.9 Å². The van der Waals surface area contributed by atoms with E-state index in [1.807, 2.05) is 116 Å². The normalized spacial score (nSPS) is 17.1. The molecular formula is C43H41N3O5S. The maximum absolute atomic E-state index is 12.0. The van der Waals surface area contributed by atoms with Gasteiger partial charge in [0.25, 0.3) is 5.22 Å². The number of rotatable bonds is 12. The quantitative estimate of drug-likeness (QED) is 0.109. The van der Waals surface area contributed by atoms with Gasteiger partial charge in [-0.25, -0.2) is 9.78 Å². The number of hydrogen-bond acceptors (Lipinski definition) is 7. The first-order valence-corrected chi connectivity index (χ1v) is 18.5. The molecule has 8 nitrogen and oxygen atoms in total. The molecule has 2 heterocycles. The summed E-state index contributed by atoms with van der Waals surface area (Å²) in [6.45, 7) is 2.87. The number of thioether (sulfide) groups is 1. The van der Waals surface area contributed by atoms with Crippen LogP contribution in [-0.4, -0.2) is 34.5 Å². The van der Waals surface area contributed by atoms with Gasteiger partial charge >= 0.3 is 6.03 Å². The molecule has 1 saturated heterocycles. The molecule has 1 aliphatic rings. The molecule has 2 amide bonds. The van der Waals surface area contributed by atoms with Gasteiger partial charge < -0.3 is 29.6 Å². The molecule has 1 aliphatic heterocycles. The fourth-order valence-corrected chi connectivity index (χ4v) is 7.10. The van der Waals surface area contributed by atoms with E-state index in [0.29, 0.717) is 30.5 Å². The monoisotopic (exact) mass is 711 g/mol. The largest absolute Gasteiger partial charge is 0.431 e. The van der Waals surface area contributed by atoms with Crippen LogP contribution in [0, 0.1) is 0 Å². The third-order valence-corrected chi connectivity index (χ3v) is 9.87. The fourth-order valence-electron chi connectivity index (χ4n) is 6.26. The van der Waals surface area contributed by atoms with Gasteiger partial charge in [-0.1, -0.05) is 133 Å². The number of benzene rings is 5. The predicted octanol–water partition coefficient (Wildman–Crippen LogP) is 9.32. The Morgan fingerprint density at radius 3 is 2.17 bits per heavy atom. The lowest BCUT2D eigenvalue weighted by Crippen LogP contribution is -2.34. The van der Waals surface area contributed by atoms with Crippen molar-refractivity contribution in [3.63, 3.8) is 0 Å². The molecule has 6 aromatic rings. The predicted molar refractivity (Wildman–Crippen MR) is 204 cm³/mol. The summed E-state index contributed by atoms with van der Waals surface area (Å²) in [6.07, 6.45) is -0.381. The Morgan fingerprint density at radius 2 is 1.44 bits per heavy atom. The first-order valence-electron chi connectivity index (χ1n) is 17.5. The average molecular weight is 712 g/mol. The van der Waals surface area contributed by atoms with Gasteiger partial charge in [0.05, 0.1) is 18.8 Å². The Bertz CT molecular complexity index is 2010. The summed E-state index contributed by atoms with van der Waals surface area (Å²) < 4.78 is 19.8. The summed E-state index contributed by atoms with van der Waals surface area (Å²) in [7, 11) is 0. The Balaban J connectivity index is 1.13. The molecular weight excluding hydrogens is 671 g/mol. The maximum atomic E-state index is 12.0. The smallest absolute Gasteiger partial charge is 0.315 e. The van der Waals surface area contributed by atoms with E-state index in [4.69, 9.17) is 18.9 Å². The van der Waals surface area contributed by atoms with Crippen LogP contribution in [0.25, 0.3) is 33.7 Å². The van der Waals surface area contributed by atoms with Crippen molar-refractivity contribution in [3.8, 4) is 33.7 Å². The van der Waals surface area contributed by atoms with Crippen LogP contribution in [0.2, 0.25) is 0 Å². The molecule has 0 aliphatic carbocycles. The highest BCUT2D eigenvalue weighted by Gasteiger charge is 2.33.